The Hall–Kier alpha value is -2.44. The molecule has 23 heavy (non-hydrogen) atoms. The summed E-state index contributed by atoms with van der Waals surface area (Å²) in [5.74, 6) is 0.614. The quantitative estimate of drug-likeness (QED) is 0.693. The Morgan fingerprint density at radius 1 is 1.13 bits per heavy atom. The van der Waals surface area contributed by atoms with E-state index in [2.05, 4.69) is 4.98 Å². The number of hydrogen-bond donors (Lipinski definition) is 2. The highest BCUT2D eigenvalue weighted by Crippen LogP contribution is 2.08. The topological polar surface area (TPSA) is 75.4 Å². The predicted octanol–water partition coefficient (Wildman–Crippen LogP) is 0.627. The maximum absolute atomic E-state index is 12.6. The molecule has 0 aliphatic rings. The Morgan fingerprint density at radius 3 is 2.57 bits per heavy atom. The Kier molecular flexibility index (Phi) is 4.27. The van der Waals surface area contributed by atoms with Gasteiger partial charge >= 0.3 is 7.12 Å². The summed E-state index contributed by atoms with van der Waals surface area (Å²) < 4.78 is 1.66. The second-order valence-electron chi connectivity index (χ2n) is 5.50. The molecule has 0 saturated carbocycles. The molecule has 2 aromatic carbocycles. The van der Waals surface area contributed by atoms with Gasteiger partial charge in [-0.3, -0.25) is 9.36 Å². The number of fused-ring (bicyclic) bond motifs is 1. The van der Waals surface area contributed by atoms with Crippen molar-refractivity contribution in [2.24, 2.45) is 0 Å². The summed E-state index contributed by atoms with van der Waals surface area (Å²) >= 11 is 0. The third-order valence-electron chi connectivity index (χ3n) is 3.94. The van der Waals surface area contributed by atoms with Crippen molar-refractivity contribution >= 4 is 23.5 Å². The normalized spacial score (nSPS) is 10.9. The Balaban J connectivity index is 1.98. The second kappa shape index (κ2) is 6.36. The van der Waals surface area contributed by atoms with Crippen LogP contribution in [0.2, 0.25) is 0 Å². The molecule has 0 radical (unpaired) electrons. The Labute approximate surface area is 134 Å². The van der Waals surface area contributed by atoms with Crippen LogP contribution in [-0.2, 0) is 13.0 Å². The fourth-order valence-electron chi connectivity index (χ4n) is 2.66. The van der Waals surface area contributed by atoms with Crippen molar-refractivity contribution in [1.29, 1.82) is 0 Å². The van der Waals surface area contributed by atoms with Gasteiger partial charge in [0.1, 0.15) is 5.82 Å². The van der Waals surface area contributed by atoms with Crippen LogP contribution in [0.15, 0.2) is 53.3 Å². The van der Waals surface area contributed by atoms with Gasteiger partial charge in [-0.05, 0) is 36.5 Å². The van der Waals surface area contributed by atoms with Gasteiger partial charge in [-0.2, -0.15) is 0 Å². The third-order valence-corrected chi connectivity index (χ3v) is 3.94. The molecule has 0 bridgehead atoms. The van der Waals surface area contributed by atoms with Crippen molar-refractivity contribution in [1.82, 2.24) is 9.55 Å². The molecule has 1 aromatic heterocycles. The largest absolute Gasteiger partial charge is 0.488 e. The van der Waals surface area contributed by atoms with Crippen LogP contribution >= 0.6 is 0 Å². The smallest absolute Gasteiger partial charge is 0.423 e. The zero-order valence-electron chi connectivity index (χ0n) is 12.8. The lowest BCUT2D eigenvalue weighted by atomic mass is 9.80. The molecule has 3 aromatic rings. The molecule has 5 nitrogen and oxygen atoms in total. The fraction of sp³-hybridized carbons (Fsp3) is 0.176. The summed E-state index contributed by atoms with van der Waals surface area (Å²) in [7, 11) is -1.57. The van der Waals surface area contributed by atoms with E-state index in [4.69, 9.17) is 0 Å². The van der Waals surface area contributed by atoms with E-state index in [1.165, 1.54) is 12.1 Å². The van der Waals surface area contributed by atoms with Gasteiger partial charge in [-0.1, -0.05) is 36.4 Å². The van der Waals surface area contributed by atoms with Crippen molar-refractivity contribution in [2.45, 2.75) is 19.9 Å². The van der Waals surface area contributed by atoms with E-state index in [1.807, 2.05) is 30.3 Å². The van der Waals surface area contributed by atoms with Crippen LogP contribution in [0.3, 0.4) is 0 Å². The average Bonchev–Trinajstić information content (AvgIpc) is 2.55. The van der Waals surface area contributed by atoms with Crippen molar-refractivity contribution in [3.8, 4) is 0 Å². The summed E-state index contributed by atoms with van der Waals surface area (Å²) in [5.41, 5.74) is 1.86. The molecule has 0 saturated heterocycles. The van der Waals surface area contributed by atoms with Crippen molar-refractivity contribution in [3.63, 3.8) is 0 Å². The van der Waals surface area contributed by atoms with E-state index in [0.717, 1.165) is 12.0 Å². The predicted molar refractivity (Wildman–Crippen MR) is 90.7 cm³/mol. The molecule has 6 heteroatoms. The highest BCUT2D eigenvalue weighted by Gasteiger charge is 2.14. The molecule has 116 valence electrons. The van der Waals surface area contributed by atoms with Gasteiger partial charge in [0, 0.05) is 6.54 Å². The van der Waals surface area contributed by atoms with Crippen LogP contribution in [-0.4, -0.2) is 26.7 Å². The summed E-state index contributed by atoms with van der Waals surface area (Å²) in [6.45, 7) is 2.34. The number of aromatic nitrogens is 2. The summed E-state index contributed by atoms with van der Waals surface area (Å²) in [5, 5.41) is 18.9. The lowest BCUT2D eigenvalue weighted by Gasteiger charge is -2.11. The van der Waals surface area contributed by atoms with Crippen LogP contribution < -0.4 is 11.0 Å². The number of nitrogens with zero attached hydrogens (tertiary/aromatic N) is 2. The molecule has 0 unspecified atom stereocenters. The molecule has 0 fully saturated rings. The van der Waals surface area contributed by atoms with Crippen LogP contribution in [0.5, 0.6) is 0 Å². The second-order valence-corrected chi connectivity index (χ2v) is 5.50. The van der Waals surface area contributed by atoms with Gasteiger partial charge in [0.25, 0.3) is 5.56 Å². The lowest BCUT2D eigenvalue weighted by molar-refractivity contribution is 0.426. The molecule has 0 aliphatic carbocycles. The summed E-state index contributed by atoms with van der Waals surface area (Å²) in [6.07, 6.45) is 0.752. The molecule has 3 rings (SSSR count). The Bertz CT molecular complexity index is 891. The highest BCUT2D eigenvalue weighted by molar-refractivity contribution is 6.58. The van der Waals surface area contributed by atoms with Crippen molar-refractivity contribution in [2.75, 3.05) is 0 Å². The number of hydrogen-bond acceptors (Lipinski definition) is 4. The molecule has 0 atom stereocenters. The first-order valence-electron chi connectivity index (χ1n) is 7.47. The summed E-state index contributed by atoms with van der Waals surface area (Å²) in [6, 6.07) is 14.6. The SMILES string of the molecule is Cc1nc2cc(B(O)O)ccc2c(=O)n1CCc1ccccc1. The minimum absolute atomic E-state index is 0.109. The number of aryl methyl sites for hydroxylation is 2. The zero-order chi connectivity index (χ0) is 16.4. The monoisotopic (exact) mass is 308 g/mol. The fourth-order valence-corrected chi connectivity index (χ4v) is 2.66. The number of rotatable bonds is 4. The third kappa shape index (κ3) is 3.18. The van der Waals surface area contributed by atoms with Gasteiger partial charge in [-0.15, -0.1) is 0 Å². The molecule has 0 spiro atoms. The molecular formula is C17H17BN2O3. The molecule has 2 N–H and O–H groups in total. The minimum atomic E-state index is -1.57. The van der Waals surface area contributed by atoms with E-state index < -0.39 is 7.12 Å². The van der Waals surface area contributed by atoms with E-state index in [9.17, 15) is 14.8 Å². The highest BCUT2D eigenvalue weighted by atomic mass is 16.4. The first-order chi connectivity index (χ1) is 11.1. The first-order valence-corrected chi connectivity index (χ1v) is 7.47. The van der Waals surface area contributed by atoms with Gasteiger partial charge < -0.3 is 10.0 Å². The van der Waals surface area contributed by atoms with Gasteiger partial charge in [0.05, 0.1) is 10.9 Å². The maximum atomic E-state index is 12.6. The van der Waals surface area contributed by atoms with Crippen LogP contribution in [0.4, 0.5) is 0 Å². The van der Waals surface area contributed by atoms with Crippen LogP contribution in [0, 0.1) is 6.92 Å². The average molecular weight is 308 g/mol. The summed E-state index contributed by atoms with van der Waals surface area (Å²) in [4.78, 5) is 17.1. The minimum Gasteiger partial charge on any atom is -0.423 e. The standard InChI is InChI=1S/C17H17BN2O3/c1-12-19-16-11-14(18(22)23)7-8-15(16)17(21)20(12)10-9-13-5-3-2-4-6-13/h2-8,11,22-23H,9-10H2,1H3. The Morgan fingerprint density at radius 2 is 1.87 bits per heavy atom. The van der Waals surface area contributed by atoms with Crippen molar-refractivity contribution in [3.05, 3.63) is 70.3 Å². The van der Waals surface area contributed by atoms with Crippen molar-refractivity contribution < 1.29 is 10.0 Å². The molecular weight excluding hydrogens is 291 g/mol. The molecule has 0 aliphatic heterocycles. The molecule has 1 heterocycles. The molecule has 0 amide bonds. The van der Waals surface area contributed by atoms with E-state index in [-0.39, 0.29) is 5.56 Å². The zero-order valence-corrected chi connectivity index (χ0v) is 12.8. The van der Waals surface area contributed by atoms with E-state index in [0.29, 0.717) is 28.7 Å². The van der Waals surface area contributed by atoms with E-state index in [1.54, 1.807) is 17.6 Å². The lowest BCUT2D eigenvalue weighted by Crippen LogP contribution is -2.31. The van der Waals surface area contributed by atoms with Crippen LogP contribution in [0.25, 0.3) is 10.9 Å². The first kappa shape index (κ1) is 15.5. The maximum Gasteiger partial charge on any atom is 0.488 e. The van der Waals surface area contributed by atoms with Gasteiger partial charge in [0.2, 0.25) is 0 Å². The van der Waals surface area contributed by atoms with Gasteiger partial charge in [0.15, 0.2) is 0 Å². The van der Waals surface area contributed by atoms with Gasteiger partial charge in [-0.25, -0.2) is 4.98 Å². The number of benzene rings is 2. The van der Waals surface area contributed by atoms with Crippen LogP contribution in [0.1, 0.15) is 11.4 Å². The van der Waals surface area contributed by atoms with E-state index >= 15 is 0 Å².